The summed E-state index contributed by atoms with van der Waals surface area (Å²) >= 11 is 6.16. The molecule has 3 N–H and O–H groups in total. The second-order valence-corrected chi connectivity index (χ2v) is 6.30. The van der Waals surface area contributed by atoms with Crippen molar-refractivity contribution in [2.24, 2.45) is 0 Å². The van der Waals surface area contributed by atoms with Gasteiger partial charge in [-0.05, 0) is 43.2 Å². The number of carbonyl (C=O) groups excluding carboxylic acids is 2. The average molecular weight is 360 g/mol. The Bertz CT molecular complexity index is 764. The highest BCUT2D eigenvalue weighted by Crippen LogP contribution is 2.22. The molecule has 25 heavy (non-hydrogen) atoms. The SMILES string of the molecule is CC(=O)Nc1cccc([C@H](C)NC(=O)N[C@@H](C)c2ccccc2Cl)c1. The summed E-state index contributed by atoms with van der Waals surface area (Å²) in [7, 11) is 0. The van der Waals surface area contributed by atoms with Crippen molar-refractivity contribution in [1.29, 1.82) is 0 Å². The third-order valence-corrected chi connectivity index (χ3v) is 4.12. The van der Waals surface area contributed by atoms with Crippen LogP contribution in [0, 0.1) is 0 Å². The molecule has 0 spiro atoms. The molecule has 0 bridgehead atoms. The van der Waals surface area contributed by atoms with Gasteiger partial charge in [-0.15, -0.1) is 0 Å². The summed E-state index contributed by atoms with van der Waals surface area (Å²) in [6.45, 7) is 5.22. The van der Waals surface area contributed by atoms with Crippen LogP contribution in [0.4, 0.5) is 10.5 Å². The summed E-state index contributed by atoms with van der Waals surface area (Å²) < 4.78 is 0. The van der Waals surface area contributed by atoms with Crippen LogP contribution in [0.25, 0.3) is 0 Å². The van der Waals surface area contributed by atoms with Gasteiger partial charge in [0.25, 0.3) is 0 Å². The van der Waals surface area contributed by atoms with Crippen LogP contribution in [-0.2, 0) is 4.79 Å². The smallest absolute Gasteiger partial charge is 0.315 e. The lowest BCUT2D eigenvalue weighted by Gasteiger charge is -2.20. The molecule has 0 aliphatic rings. The van der Waals surface area contributed by atoms with Crippen LogP contribution in [0.5, 0.6) is 0 Å². The molecule has 5 nitrogen and oxygen atoms in total. The molecule has 0 aromatic heterocycles. The van der Waals surface area contributed by atoms with Gasteiger partial charge in [-0.3, -0.25) is 4.79 Å². The summed E-state index contributed by atoms with van der Waals surface area (Å²) in [5, 5.41) is 9.12. The molecule has 2 aromatic rings. The summed E-state index contributed by atoms with van der Waals surface area (Å²) in [5.74, 6) is -0.135. The van der Waals surface area contributed by atoms with E-state index in [9.17, 15) is 9.59 Å². The molecule has 2 rings (SSSR count). The molecule has 132 valence electrons. The van der Waals surface area contributed by atoms with Gasteiger partial charge in [-0.25, -0.2) is 4.79 Å². The number of benzene rings is 2. The lowest BCUT2D eigenvalue weighted by molar-refractivity contribution is -0.114. The van der Waals surface area contributed by atoms with Crippen molar-refractivity contribution in [1.82, 2.24) is 10.6 Å². The topological polar surface area (TPSA) is 70.2 Å². The quantitative estimate of drug-likeness (QED) is 0.739. The van der Waals surface area contributed by atoms with E-state index in [2.05, 4.69) is 16.0 Å². The minimum Gasteiger partial charge on any atom is -0.332 e. The van der Waals surface area contributed by atoms with Crippen LogP contribution in [0.15, 0.2) is 48.5 Å². The third-order valence-electron chi connectivity index (χ3n) is 3.77. The predicted molar refractivity (Wildman–Crippen MR) is 101 cm³/mol. The van der Waals surface area contributed by atoms with Crippen LogP contribution >= 0.6 is 11.6 Å². The Morgan fingerprint density at radius 2 is 1.64 bits per heavy atom. The van der Waals surface area contributed by atoms with E-state index in [-0.39, 0.29) is 24.0 Å². The number of nitrogens with one attached hydrogen (secondary N) is 3. The lowest BCUT2D eigenvalue weighted by Crippen LogP contribution is -2.38. The van der Waals surface area contributed by atoms with Crippen molar-refractivity contribution in [3.8, 4) is 0 Å². The number of halogens is 1. The number of amides is 3. The molecule has 0 unspecified atom stereocenters. The summed E-state index contributed by atoms with van der Waals surface area (Å²) in [5.41, 5.74) is 2.45. The van der Waals surface area contributed by atoms with Crippen LogP contribution in [-0.4, -0.2) is 11.9 Å². The van der Waals surface area contributed by atoms with Gasteiger partial charge >= 0.3 is 6.03 Å². The van der Waals surface area contributed by atoms with Gasteiger partial charge in [0.15, 0.2) is 0 Å². The molecule has 3 amide bonds. The number of rotatable bonds is 5. The number of hydrogen-bond acceptors (Lipinski definition) is 2. The van der Waals surface area contributed by atoms with E-state index in [4.69, 9.17) is 11.6 Å². The number of carbonyl (C=O) groups is 2. The van der Waals surface area contributed by atoms with Crippen molar-refractivity contribution < 1.29 is 9.59 Å². The zero-order valence-electron chi connectivity index (χ0n) is 14.5. The van der Waals surface area contributed by atoms with Gasteiger partial charge in [-0.2, -0.15) is 0 Å². The van der Waals surface area contributed by atoms with E-state index in [0.717, 1.165) is 11.1 Å². The summed E-state index contributed by atoms with van der Waals surface area (Å²) in [6.07, 6.45) is 0. The van der Waals surface area contributed by atoms with Crippen LogP contribution in [0.1, 0.15) is 44.0 Å². The Morgan fingerprint density at radius 1 is 0.960 bits per heavy atom. The standard InChI is InChI=1S/C19H22ClN3O2/c1-12(15-7-6-8-16(11-15)23-14(3)24)21-19(25)22-13(2)17-9-4-5-10-18(17)20/h4-13H,1-3H3,(H,23,24)(H2,21,22,25)/t12-,13-/m0/s1. The van der Waals surface area contributed by atoms with Gasteiger partial charge in [0.05, 0.1) is 12.1 Å². The molecular weight excluding hydrogens is 338 g/mol. The first kappa shape index (κ1) is 18.8. The Hall–Kier alpha value is -2.53. The van der Waals surface area contributed by atoms with Gasteiger partial charge in [-0.1, -0.05) is 41.9 Å². The monoisotopic (exact) mass is 359 g/mol. The van der Waals surface area contributed by atoms with Crippen LogP contribution < -0.4 is 16.0 Å². The molecule has 0 saturated heterocycles. The molecule has 0 fully saturated rings. The van der Waals surface area contributed by atoms with Crippen molar-refractivity contribution in [3.63, 3.8) is 0 Å². The fourth-order valence-electron chi connectivity index (χ4n) is 2.51. The Morgan fingerprint density at radius 3 is 2.32 bits per heavy atom. The van der Waals surface area contributed by atoms with Crippen molar-refractivity contribution in [3.05, 3.63) is 64.7 Å². The second-order valence-electron chi connectivity index (χ2n) is 5.89. The van der Waals surface area contributed by atoms with E-state index in [1.165, 1.54) is 6.92 Å². The fraction of sp³-hybridized carbons (Fsp3) is 0.263. The first-order valence-electron chi connectivity index (χ1n) is 8.06. The second kappa shape index (κ2) is 8.53. The van der Waals surface area contributed by atoms with Crippen LogP contribution in [0.2, 0.25) is 5.02 Å². The summed E-state index contributed by atoms with van der Waals surface area (Å²) in [6, 6.07) is 14.1. The Balaban J connectivity index is 1.98. The zero-order chi connectivity index (χ0) is 18.4. The van der Waals surface area contributed by atoms with E-state index in [1.54, 1.807) is 12.1 Å². The summed E-state index contributed by atoms with van der Waals surface area (Å²) in [4.78, 5) is 23.4. The van der Waals surface area contributed by atoms with Gasteiger partial charge in [0, 0.05) is 17.6 Å². The maximum absolute atomic E-state index is 12.2. The molecule has 2 atom stereocenters. The maximum atomic E-state index is 12.2. The highest BCUT2D eigenvalue weighted by atomic mass is 35.5. The fourth-order valence-corrected chi connectivity index (χ4v) is 2.81. The van der Waals surface area contributed by atoms with Crippen LogP contribution in [0.3, 0.4) is 0 Å². The van der Waals surface area contributed by atoms with Crippen molar-refractivity contribution in [2.45, 2.75) is 32.9 Å². The molecule has 0 heterocycles. The number of anilines is 1. The average Bonchev–Trinajstić information content (AvgIpc) is 2.54. The molecule has 6 heteroatoms. The molecule has 0 aliphatic carbocycles. The molecule has 0 saturated carbocycles. The van der Waals surface area contributed by atoms with Gasteiger partial charge in [0.2, 0.25) is 5.91 Å². The molecule has 2 aromatic carbocycles. The normalized spacial score (nSPS) is 12.8. The minimum absolute atomic E-state index is 0.135. The molecule has 0 aliphatic heterocycles. The van der Waals surface area contributed by atoms with Gasteiger partial charge in [0.1, 0.15) is 0 Å². The van der Waals surface area contributed by atoms with Gasteiger partial charge < -0.3 is 16.0 Å². The minimum atomic E-state index is -0.287. The lowest BCUT2D eigenvalue weighted by atomic mass is 10.1. The van der Waals surface area contributed by atoms with E-state index in [1.807, 2.05) is 50.2 Å². The molecular formula is C19H22ClN3O2. The van der Waals surface area contributed by atoms with E-state index >= 15 is 0 Å². The van der Waals surface area contributed by atoms with E-state index in [0.29, 0.717) is 10.7 Å². The molecule has 0 radical (unpaired) electrons. The first-order chi connectivity index (χ1) is 11.9. The first-order valence-corrected chi connectivity index (χ1v) is 8.43. The third kappa shape index (κ3) is 5.50. The Labute approximate surface area is 152 Å². The largest absolute Gasteiger partial charge is 0.332 e. The Kier molecular flexibility index (Phi) is 6.42. The zero-order valence-corrected chi connectivity index (χ0v) is 15.2. The van der Waals surface area contributed by atoms with Crippen molar-refractivity contribution in [2.75, 3.05) is 5.32 Å². The number of urea groups is 1. The maximum Gasteiger partial charge on any atom is 0.315 e. The number of hydrogen-bond donors (Lipinski definition) is 3. The highest BCUT2D eigenvalue weighted by Gasteiger charge is 2.15. The van der Waals surface area contributed by atoms with E-state index < -0.39 is 0 Å². The predicted octanol–water partition coefficient (Wildman–Crippen LogP) is 4.42. The highest BCUT2D eigenvalue weighted by molar-refractivity contribution is 6.31. The van der Waals surface area contributed by atoms with Crippen molar-refractivity contribution >= 4 is 29.2 Å².